The monoisotopic (exact) mass is 290 g/mol. The third-order valence-electron chi connectivity index (χ3n) is 2.50. The largest absolute Gasteiger partial charge is 0.492 e. The second-order valence-electron chi connectivity index (χ2n) is 4.22. The number of para-hydroxylation sites is 2. The lowest BCUT2D eigenvalue weighted by atomic mass is 10.3. The van der Waals surface area contributed by atoms with Gasteiger partial charge in [0.25, 0.3) is 0 Å². The first kappa shape index (κ1) is 16.5. The lowest BCUT2D eigenvalue weighted by Crippen LogP contribution is -2.37. The molecule has 2 N–H and O–H groups in total. The van der Waals surface area contributed by atoms with Crippen LogP contribution in [-0.2, 0) is 9.59 Å². The van der Waals surface area contributed by atoms with Crippen molar-refractivity contribution in [3.05, 3.63) is 24.3 Å². The summed E-state index contributed by atoms with van der Waals surface area (Å²) in [5, 5.41) is 11.5. The van der Waals surface area contributed by atoms with Crippen LogP contribution in [0.15, 0.2) is 24.3 Å². The molecule has 0 radical (unpaired) electrons. The first-order valence-corrected chi connectivity index (χ1v) is 6.46. The summed E-state index contributed by atoms with van der Waals surface area (Å²) in [5.41, 5.74) is 0.542. The molecule has 1 amide bonds. The first-order chi connectivity index (χ1) is 10.1. The second-order valence-corrected chi connectivity index (χ2v) is 4.22. The maximum absolute atomic E-state index is 12.0. The van der Waals surface area contributed by atoms with Crippen LogP contribution in [0.3, 0.4) is 0 Å². The van der Waals surface area contributed by atoms with Crippen LogP contribution in [0.5, 0.6) is 5.75 Å². The van der Waals surface area contributed by atoms with Crippen LogP contribution in [0.4, 0.5) is 5.69 Å². The second kappa shape index (κ2) is 8.61. The summed E-state index contributed by atoms with van der Waals surface area (Å²) < 4.78 is 5.40. The molecule has 6 nitrogen and oxygen atoms in total. The van der Waals surface area contributed by atoms with Gasteiger partial charge >= 0.3 is 5.97 Å². The van der Waals surface area contributed by atoms with Gasteiger partial charge in [0, 0.05) is 0 Å². The van der Waals surface area contributed by atoms with Gasteiger partial charge in [0.05, 0.1) is 31.9 Å². The predicted octanol–water partition coefficient (Wildman–Crippen LogP) is 1.04. The van der Waals surface area contributed by atoms with Gasteiger partial charge < -0.3 is 15.2 Å². The molecule has 1 aromatic rings. The van der Waals surface area contributed by atoms with Crippen molar-refractivity contribution >= 4 is 17.6 Å². The van der Waals surface area contributed by atoms with Crippen molar-refractivity contribution in [2.24, 2.45) is 0 Å². The molecule has 0 aliphatic carbocycles. The van der Waals surface area contributed by atoms with Crippen molar-refractivity contribution in [1.82, 2.24) is 4.90 Å². The van der Waals surface area contributed by atoms with Gasteiger partial charge in [0.2, 0.25) is 5.91 Å². The van der Waals surface area contributed by atoms with E-state index < -0.39 is 5.97 Å². The summed E-state index contributed by atoms with van der Waals surface area (Å²) in [5.74, 6) is 1.51. The molecule has 0 spiro atoms. The number of ether oxygens (including phenoxy) is 1. The van der Waals surface area contributed by atoms with E-state index in [1.54, 1.807) is 24.3 Å². The third kappa shape index (κ3) is 5.97. The molecule has 0 fully saturated rings. The number of rotatable bonds is 8. The van der Waals surface area contributed by atoms with Gasteiger partial charge in [-0.05, 0) is 19.1 Å². The Labute approximate surface area is 123 Å². The van der Waals surface area contributed by atoms with Crippen LogP contribution < -0.4 is 10.1 Å². The van der Waals surface area contributed by atoms with E-state index >= 15 is 0 Å². The van der Waals surface area contributed by atoms with Gasteiger partial charge in [0.15, 0.2) is 0 Å². The van der Waals surface area contributed by atoms with E-state index in [1.807, 2.05) is 6.92 Å². The fraction of sp³-hybridized carbons (Fsp3) is 0.333. The molecule has 0 bridgehead atoms. The number of hydrogen-bond acceptors (Lipinski definition) is 4. The van der Waals surface area contributed by atoms with Gasteiger partial charge in [-0.1, -0.05) is 18.1 Å². The van der Waals surface area contributed by atoms with Crippen LogP contribution in [0, 0.1) is 12.3 Å². The van der Waals surface area contributed by atoms with E-state index in [1.165, 1.54) is 4.90 Å². The number of amides is 1. The van der Waals surface area contributed by atoms with Crippen molar-refractivity contribution in [2.75, 3.05) is 31.6 Å². The highest BCUT2D eigenvalue weighted by Crippen LogP contribution is 2.23. The van der Waals surface area contributed by atoms with E-state index in [0.29, 0.717) is 18.0 Å². The molecule has 0 aromatic heterocycles. The smallest absolute Gasteiger partial charge is 0.317 e. The van der Waals surface area contributed by atoms with Gasteiger partial charge in [-0.3, -0.25) is 14.5 Å². The normalized spacial score (nSPS) is 9.95. The molecular formula is C15H18N2O4. The number of aliphatic carboxylic acids is 1. The first-order valence-electron chi connectivity index (χ1n) is 6.46. The Balaban J connectivity index is 2.67. The van der Waals surface area contributed by atoms with Crippen molar-refractivity contribution in [3.8, 4) is 18.1 Å². The van der Waals surface area contributed by atoms with Crippen LogP contribution in [-0.4, -0.2) is 48.1 Å². The summed E-state index contributed by atoms with van der Waals surface area (Å²) in [7, 11) is 0. The van der Waals surface area contributed by atoms with E-state index in [2.05, 4.69) is 11.2 Å². The Kier molecular flexibility index (Phi) is 6.78. The molecule has 6 heteroatoms. The van der Waals surface area contributed by atoms with Gasteiger partial charge in [-0.25, -0.2) is 0 Å². The predicted molar refractivity (Wildman–Crippen MR) is 79.1 cm³/mol. The highest BCUT2D eigenvalue weighted by molar-refractivity contribution is 5.93. The fourth-order valence-electron chi connectivity index (χ4n) is 1.73. The molecular weight excluding hydrogens is 272 g/mol. The maximum atomic E-state index is 12.0. The Morgan fingerprint density at radius 3 is 2.71 bits per heavy atom. The minimum absolute atomic E-state index is 0.0901. The highest BCUT2D eigenvalue weighted by Gasteiger charge is 2.14. The highest BCUT2D eigenvalue weighted by atomic mass is 16.5. The van der Waals surface area contributed by atoms with Crippen LogP contribution in [0.25, 0.3) is 0 Å². The molecule has 0 aliphatic heterocycles. The molecule has 1 aromatic carbocycles. The quantitative estimate of drug-likeness (QED) is 0.699. The van der Waals surface area contributed by atoms with Crippen molar-refractivity contribution < 1.29 is 19.4 Å². The summed E-state index contributed by atoms with van der Waals surface area (Å²) in [6.45, 7) is 2.03. The van der Waals surface area contributed by atoms with Gasteiger partial charge in [0.1, 0.15) is 5.75 Å². The number of carbonyl (C=O) groups excluding carboxylic acids is 1. The number of carboxylic acids is 1. The molecule has 0 atom stereocenters. The maximum Gasteiger partial charge on any atom is 0.317 e. The topological polar surface area (TPSA) is 78.9 Å². The van der Waals surface area contributed by atoms with Crippen molar-refractivity contribution in [1.29, 1.82) is 0 Å². The minimum atomic E-state index is -1.03. The Hall–Kier alpha value is -2.52. The number of hydrogen-bond donors (Lipinski definition) is 2. The molecule has 0 saturated carbocycles. The number of nitrogens with zero attached hydrogens (tertiary/aromatic N) is 1. The lowest BCUT2D eigenvalue weighted by Gasteiger charge is -2.17. The number of anilines is 1. The summed E-state index contributed by atoms with van der Waals surface area (Å²) in [6, 6.07) is 7.03. The van der Waals surface area contributed by atoms with E-state index in [0.717, 1.165) is 0 Å². The molecule has 0 heterocycles. The molecule has 1 rings (SSSR count). The molecule has 0 aliphatic rings. The Bertz CT molecular complexity index is 537. The molecule has 0 unspecified atom stereocenters. The van der Waals surface area contributed by atoms with E-state index in [9.17, 15) is 9.59 Å². The van der Waals surface area contributed by atoms with Crippen LogP contribution in [0.1, 0.15) is 6.92 Å². The Morgan fingerprint density at radius 1 is 1.38 bits per heavy atom. The summed E-state index contributed by atoms with van der Waals surface area (Å²) in [6.07, 6.45) is 5.16. The molecule has 112 valence electrons. The molecule has 21 heavy (non-hydrogen) atoms. The fourth-order valence-corrected chi connectivity index (χ4v) is 1.73. The summed E-state index contributed by atoms with van der Waals surface area (Å²) >= 11 is 0. The zero-order valence-electron chi connectivity index (χ0n) is 11.8. The van der Waals surface area contributed by atoms with E-state index in [4.69, 9.17) is 16.3 Å². The average Bonchev–Trinajstić information content (AvgIpc) is 2.40. The number of carbonyl (C=O) groups is 2. The van der Waals surface area contributed by atoms with Crippen molar-refractivity contribution in [3.63, 3.8) is 0 Å². The number of terminal acetylenes is 1. The SMILES string of the molecule is C#CCN(CC(=O)O)CC(=O)Nc1ccccc1OCC. The number of carboxylic acid groups (broad SMARTS) is 1. The zero-order valence-corrected chi connectivity index (χ0v) is 11.8. The van der Waals surface area contributed by atoms with Crippen molar-refractivity contribution in [2.45, 2.75) is 6.92 Å². The third-order valence-corrected chi connectivity index (χ3v) is 2.50. The van der Waals surface area contributed by atoms with Gasteiger partial charge in [-0.15, -0.1) is 6.42 Å². The average molecular weight is 290 g/mol. The van der Waals surface area contributed by atoms with Crippen LogP contribution in [0.2, 0.25) is 0 Å². The van der Waals surface area contributed by atoms with E-state index in [-0.39, 0.29) is 25.5 Å². The number of nitrogens with one attached hydrogen (secondary N) is 1. The van der Waals surface area contributed by atoms with Gasteiger partial charge in [-0.2, -0.15) is 0 Å². The van der Waals surface area contributed by atoms with Crippen LogP contribution >= 0.6 is 0 Å². The molecule has 0 saturated heterocycles. The zero-order chi connectivity index (χ0) is 15.7. The minimum Gasteiger partial charge on any atom is -0.492 e. The lowest BCUT2D eigenvalue weighted by molar-refractivity contribution is -0.138. The Morgan fingerprint density at radius 2 is 2.10 bits per heavy atom. The summed E-state index contributed by atoms with van der Waals surface area (Å²) in [4.78, 5) is 24.0. The number of benzene rings is 1. The standard InChI is InChI=1S/C15H18N2O4/c1-3-9-17(11-15(19)20)10-14(18)16-12-7-5-6-8-13(12)21-4-2/h1,5-8H,4,9-11H2,2H3,(H,16,18)(H,19,20).